The van der Waals surface area contributed by atoms with Crippen molar-refractivity contribution in [2.24, 2.45) is 0 Å². The van der Waals surface area contributed by atoms with Gasteiger partial charge in [0.05, 0.1) is 13.0 Å². The van der Waals surface area contributed by atoms with Crippen molar-refractivity contribution in [3.8, 4) is 11.5 Å². The number of amides is 2. The van der Waals surface area contributed by atoms with Gasteiger partial charge in [0.2, 0.25) is 5.91 Å². The normalized spacial score (nSPS) is 11.4. The molecule has 0 bridgehead atoms. The molecule has 0 aromatic heterocycles. The molecule has 0 spiro atoms. The van der Waals surface area contributed by atoms with Gasteiger partial charge in [0.1, 0.15) is 0 Å². The van der Waals surface area contributed by atoms with Gasteiger partial charge >= 0.3 is 0 Å². The number of rotatable bonds is 9. The summed E-state index contributed by atoms with van der Waals surface area (Å²) in [5, 5.41) is 2.99. The monoisotopic (exact) mass is 384 g/mol. The fourth-order valence-corrected chi connectivity index (χ4v) is 2.78. The van der Waals surface area contributed by atoms with Crippen LogP contribution < -0.4 is 14.8 Å². The maximum atomic E-state index is 12.6. The van der Waals surface area contributed by atoms with Gasteiger partial charge < -0.3 is 19.7 Å². The zero-order valence-electron chi connectivity index (χ0n) is 16.9. The molecule has 6 nitrogen and oxygen atoms in total. The summed E-state index contributed by atoms with van der Waals surface area (Å²) in [5.41, 5.74) is 1.90. The summed E-state index contributed by atoms with van der Waals surface area (Å²) in [6.07, 6.45) is 0.728. The first-order valence-electron chi connectivity index (χ1n) is 9.28. The third kappa shape index (κ3) is 5.74. The summed E-state index contributed by atoms with van der Waals surface area (Å²) in [6.45, 7) is 2.32. The van der Waals surface area contributed by atoms with E-state index in [4.69, 9.17) is 9.47 Å². The lowest BCUT2D eigenvalue weighted by molar-refractivity contribution is -0.130. The van der Waals surface area contributed by atoms with Crippen molar-refractivity contribution >= 4 is 11.8 Å². The Kier molecular flexibility index (Phi) is 7.87. The highest BCUT2D eigenvalue weighted by atomic mass is 16.5. The Hall–Kier alpha value is -3.02. The largest absolute Gasteiger partial charge is 0.493 e. The Morgan fingerprint density at radius 1 is 1.07 bits per heavy atom. The number of ether oxygens (including phenoxy) is 2. The fourth-order valence-electron chi connectivity index (χ4n) is 2.78. The maximum absolute atomic E-state index is 12.6. The van der Waals surface area contributed by atoms with Crippen LogP contribution in [0.1, 0.15) is 30.4 Å². The van der Waals surface area contributed by atoms with Crippen LogP contribution in [0.15, 0.2) is 48.5 Å². The molecule has 28 heavy (non-hydrogen) atoms. The molecule has 150 valence electrons. The van der Waals surface area contributed by atoms with Crippen molar-refractivity contribution in [3.63, 3.8) is 0 Å². The van der Waals surface area contributed by atoms with E-state index in [0.29, 0.717) is 18.0 Å². The second-order valence-electron chi connectivity index (χ2n) is 6.65. The van der Waals surface area contributed by atoms with Gasteiger partial charge in [-0.05, 0) is 29.7 Å². The van der Waals surface area contributed by atoms with E-state index in [1.807, 2.05) is 43.3 Å². The van der Waals surface area contributed by atoms with Crippen molar-refractivity contribution in [1.29, 1.82) is 0 Å². The van der Waals surface area contributed by atoms with Gasteiger partial charge in [0, 0.05) is 20.6 Å². The van der Waals surface area contributed by atoms with Gasteiger partial charge in [0.25, 0.3) is 5.91 Å². The molecule has 2 aromatic rings. The third-order valence-electron chi connectivity index (χ3n) is 4.47. The van der Waals surface area contributed by atoms with Crippen molar-refractivity contribution in [3.05, 3.63) is 59.7 Å². The number of nitrogens with zero attached hydrogens (tertiary/aromatic N) is 1. The SMILES string of the molecule is CCC(C(=O)NCc1ccc(OCC(=O)N(C)C)c(OC)c1)c1ccccc1. The average Bonchev–Trinajstić information content (AvgIpc) is 2.71. The molecule has 0 aliphatic carbocycles. The smallest absolute Gasteiger partial charge is 0.259 e. The molecule has 0 aliphatic heterocycles. The summed E-state index contributed by atoms with van der Waals surface area (Å²) < 4.78 is 10.9. The molecule has 1 atom stereocenters. The maximum Gasteiger partial charge on any atom is 0.259 e. The Morgan fingerprint density at radius 2 is 1.79 bits per heavy atom. The molecule has 2 aromatic carbocycles. The highest BCUT2D eigenvalue weighted by Gasteiger charge is 2.18. The molecule has 0 heterocycles. The van der Waals surface area contributed by atoms with Gasteiger partial charge in [0.15, 0.2) is 18.1 Å². The second kappa shape index (κ2) is 10.3. The number of hydrogen-bond donors (Lipinski definition) is 1. The molecule has 0 aliphatic rings. The minimum absolute atomic E-state index is 0.00965. The fraction of sp³-hybridized carbons (Fsp3) is 0.364. The molecule has 6 heteroatoms. The summed E-state index contributed by atoms with van der Waals surface area (Å²) in [5.74, 6) is 0.689. The minimum Gasteiger partial charge on any atom is -0.493 e. The van der Waals surface area contributed by atoms with Crippen molar-refractivity contribution < 1.29 is 19.1 Å². The van der Waals surface area contributed by atoms with E-state index in [1.54, 1.807) is 33.3 Å². The highest BCUT2D eigenvalue weighted by Crippen LogP contribution is 2.28. The van der Waals surface area contributed by atoms with Crippen LogP contribution in [0, 0.1) is 0 Å². The van der Waals surface area contributed by atoms with Gasteiger partial charge in [-0.25, -0.2) is 0 Å². The number of likely N-dealkylation sites (N-methyl/N-ethyl adjacent to an activating group) is 1. The van der Waals surface area contributed by atoms with E-state index in [0.717, 1.165) is 17.5 Å². The van der Waals surface area contributed by atoms with E-state index in [2.05, 4.69) is 5.32 Å². The van der Waals surface area contributed by atoms with E-state index in [1.165, 1.54) is 4.90 Å². The van der Waals surface area contributed by atoms with Crippen LogP contribution in [0.4, 0.5) is 0 Å². The summed E-state index contributed by atoms with van der Waals surface area (Å²) in [7, 11) is 4.89. The summed E-state index contributed by atoms with van der Waals surface area (Å²) in [4.78, 5) is 25.7. The summed E-state index contributed by atoms with van der Waals surface area (Å²) in [6, 6.07) is 15.2. The molecule has 0 fully saturated rings. The molecule has 2 rings (SSSR count). The van der Waals surface area contributed by atoms with E-state index in [9.17, 15) is 9.59 Å². The molecular formula is C22H28N2O4. The molecule has 0 saturated heterocycles. The first-order valence-corrected chi connectivity index (χ1v) is 9.28. The van der Waals surface area contributed by atoms with Crippen LogP contribution in [0.2, 0.25) is 0 Å². The standard InChI is InChI=1S/C22H28N2O4/c1-5-18(17-9-7-6-8-10-17)22(26)23-14-16-11-12-19(20(13-16)27-4)28-15-21(25)24(2)3/h6-13,18H,5,14-15H2,1-4H3,(H,23,26). The second-order valence-corrected chi connectivity index (χ2v) is 6.65. The predicted molar refractivity (Wildman–Crippen MR) is 109 cm³/mol. The third-order valence-corrected chi connectivity index (χ3v) is 4.47. The first kappa shape index (κ1) is 21.3. The number of hydrogen-bond acceptors (Lipinski definition) is 4. The van der Waals surface area contributed by atoms with Crippen LogP contribution in [-0.4, -0.2) is 44.5 Å². The molecule has 2 amide bonds. The van der Waals surface area contributed by atoms with E-state index in [-0.39, 0.29) is 24.3 Å². The van der Waals surface area contributed by atoms with Crippen LogP contribution in [0.3, 0.4) is 0 Å². The lowest BCUT2D eigenvalue weighted by atomic mass is 9.95. The number of methoxy groups -OCH3 is 1. The number of nitrogens with one attached hydrogen (secondary N) is 1. The van der Waals surface area contributed by atoms with Crippen LogP contribution in [-0.2, 0) is 16.1 Å². The van der Waals surface area contributed by atoms with Crippen molar-refractivity contribution in [2.45, 2.75) is 25.8 Å². The molecule has 0 saturated carbocycles. The Labute approximate surface area is 166 Å². The van der Waals surface area contributed by atoms with Crippen LogP contribution in [0.25, 0.3) is 0 Å². The van der Waals surface area contributed by atoms with Gasteiger partial charge in [-0.3, -0.25) is 9.59 Å². The molecular weight excluding hydrogens is 356 g/mol. The highest BCUT2D eigenvalue weighted by molar-refractivity contribution is 5.83. The quantitative estimate of drug-likeness (QED) is 0.722. The summed E-state index contributed by atoms with van der Waals surface area (Å²) >= 11 is 0. The first-order chi connectivity index (χ1) is 13.5. The Balaban J connectivity index is 2.00. The average molecular weight is 384 g/mol. The van der Waals surface area contributed by atoms with Crippen LogP contribution in [0.5, 0.6) is 11.5 Å². The van der Waals surface area contributed by atoms with E-state index < -0.39 is 0 Å². The van der Waals surface area contributed by atoms with Crippen molar-refractivity contribution in [1.82, 2.24) is 10.2 Å². The number of benzene rings is 2. The molecule has 0 radical (unpaired) electrons. The number of carbonyl (C=O) groups is 2. The minimum atomic E-state index is -0.178. The van der Waals surface area contributed by atoms with Gasteiger partial charge in [-0.1, -0.05) is 43.3 Å². The number of carbonyl (C=O) groups excluding carboxylic acids is 2. The zero-order chi connectivity index (χ0) is 20.5. The lowest BCUT2D eigenvalue weighted by Crippen LogP contribution is -2.28. The Morgan fingerprint density at radius 3 is 2.39 bits per heavy atom. The topological polar surface area (TPSA) is 67.9 Å². The van der Waals surface area contributed by atoms with E-state index >= 15 is 0 Å². The lowest BCUT2D eigenvalue weighted by Gasteiger charge is -2.17. The zero-order valence-corrected chi connectivity index (χ0v) is 16.9. The Bertz CT molecular complexity index is 790. The van der Waals surface area contributed by atoms with Crippen molar-refractivity contribution in [2.75, 3.05) is 27.8 Å². The molecule has 1 unspecified atom stereocenters. The van der Waals surface area contributed by atoms with Gasteiger partial charge in [-0.15, -0.1) is 0 Å². The van der Waals surface area contributed by atoms with Crippen LogP contribution >= 0.6 is 0 Å². The van der Waals surface area contributed by atoms with Gasteiger partial charge in [-0.2, -0.15) is 0 Å². The predicted octanol–water partition coefficient (Wildman–Crippen LogP) is 2.97. The molecule has 1 N–H and O–H groups in total.